The molecule has 84 valence electrons. The van der Waals surface area contributed by atoms with Gasteiger partial charge in [-0.1, -0.05) is 13.8 Å². The van der Waals surface area contributed by atoms with Crippen LogP contribution in [0.3, 0.4) is 0 Å². The summed E-state index contributed by atoms with van der Waals surface area (Å²) in [7, 11) is 0. The highest BCUT2D eigenvalue weighted by Crippen LogP contribution is 2.19. The van der Waals surface area contributed by atoms with E-state index in [-0.39, 0.29) is 12.0 Å². The molecule has 1 aliphatic rings. The van der Waals surface area contributed by atoms with Crippen molar-refractivity contribution in [2.45, 2.75) is 26.9 Å². The number of aliphatic hydroxyl groups is 1. The summed E-state index contributed by atoms with van der Waals surface area (Å²) >= 11 is 0. The Morgan fingerprint density at radius 3 is 3.00 bits per heavy atom. The van der Waals surface area contributed by atoms with E-state index in [9.17, 15) is 5.11 Å². The molecule has 0 aliphatic carbocycles. The van der Waals surface area contributed by atoms with Crippen molar-refractivity contribution in [3.8, 4) is 0 Å². The third-order valence-corrected chi connectivity index (χ3v) is 2.90. The Bertz CT molecular complexity index is 332. The molecule has 4 nitrogen and oxygen atoms in total. The Hall–Kier alpha value is -0.870. The molecule has 15 heavy (non-hydrogen) atoms. The van der Waals surface area contributed by atoms with E-state index in [0.29, 0.717) is 0 Å². The quantitative estimate of drug-likeness (QED) is 0.797. The zero-order valence-electron chi connectivity index (χ0n) is 9.48. The van der Waals surface area contributed by atoms with Gasteiger partial charge in [-0.2, -0.15) is 0 Å². The average Bonchev–Trinajstić information content (AvgIpc) is 2.64. The molecule has 4 heteroatoms. The number of nitrogens with zero attached hydrogens (tertiary/aromatic N) is 3. The summed E-state index contributed by atoms with van der Waals surface area (Å²) in [6.45, 7) is 8.30. The molecule has 2 rings (SSSR count). The predicted molar refractivity (Wildman–Crippen MR) is 58.4 cm³/mol. The van der Waals surface area contributed by atoms with Gasteiger partial charge in [0.1, 0.15) is 5.82 Å². The Morgan fingerprint density at radius 2 is 2.27 bits per heavy atom. The topological polar surface area (TPSA) is 41.3 Å². The molecule has 0 atom stereocenters. The van der Waals surface area contributed by atoms with Gasteiger partial charge in [0.15, 0.2) is 0 Å². The lowest BCUT2D eigenvalue weighted by Crippen LogP contribution is -2.41. The maximum absolute atomic E-state index is 9.23. The van der Waals surface area contributed by atoms with Gasteiger partial charge in [0, 0.05) is 44.0 Å². The molecule has 0 amide bonds. The van der Waals surface area contributed by atoms with Crippen LogP contribution in [0.1, 0.15) is 19.7 Å². The second-order valence-electron chi connectivity index (χ2n) is 5.07. The summed E-state index contributed by atoms with van der Waals surface area (Å²) in [6.07, 6.45) is 3.89. The fraction of sp³-hybridized carbons (Fsp3) is 0.727. The highest BCUT2D eigenvalue weighted by Gasteiger charge is 2.24. The summed E-state index contributed by atoms with van der Waals surface area (Å²) in [5.74, 6) is 1.13. The monoisotopic (exact) mass is 209 g/mol. The lowest BCUT2D eigenvalue weighted by molar-refractivity contribution is 0.0875. The number of fused-ring (bicyclic) bond motifs is 1. The minimum absolute atomic E-state index is 0.0191. The van der Waals surface area contributed by atoms with Crippen molar-refractivity contribution in [2.75, 3.05) is 19.7 Å². The van der Waals surface area contributed by atoms with Crippen molar-refractivity contribution in [1.82, 2.24) is 14.5 Å². The summed E-state index contributed by atoms with van der Waals surface area (Å²) in [5, 5.41) is 9.23. The molecular weight excluding hydrogens is 190 g/mol. The Balaban J connectivity index is 1.98. The van der Waals surface area contributed by atoms with Crippen LogP contribution in [0.4, 0.5) is 0 Å². The van der Waals surface area contributed by atoms with Gasteiger partial charge in [0.05, 0.1) is 6.54 Å². The summed E-state index contributed by atoms with van der Waals surface area (Å²) in [4.78, 5) is 6.68. The number of imidazole rings is 1. The second kappa shape index (κ2) is 3.94. The molecule has 0 fully saturated rings. The molecule has 0 radical (unpaired) electrons. The molecular formula is C11H19N3O. The van der Waals surface area contributed by atoms with Crippen LogP contribution in [0.25, 0.3) is 0 Å². The largest absolute Gasteiger partial charge is 0.396 e. The van der Waals surface area contributed by atoms with Crippen LogP contribution < -0.4 is 0 Å². The van der Waals surface area contributed by atoms with Crippen molar-refractivity contribution in [3.05, 3.63) is 18.2 Å². The van der Waals surface area contributed by atoms with E-state index >= 15 is 0 Å². The van der Waals surface area contributed by atoms with Crippen molar-refractivity contribution in [3.63, 3.8) is 0 Å². The third kappa shape index (κ3) is 2.38. The number of aliphatic hydroxyl groups excluding tert-OH is 1. The zero-order valence-corrected chi connectivity index (χ0v) is 9.48. The molecule has 0 spiro atoms. The van der Waals surface area contributed by atoms with Crippen LogP contribution in [0.2, 0.25) is 0 Å². The molecule has 1 aliphatic heterocycles. The highest BCUT2D eigenvalue weighted by molar-refractivity contribution is 4.96. The lowest BCUT2D eigenvalue weighted by atomic mass is 9.94. The van der Waals surface area contributed by atoms with Crippen LogP contribution in [0, 0.1) is 5.41 Å². The predicted octanol–water partition coefficient (Wildman–Crippen LogP) is 0.717. The first-order chi connectivity index (χ1) is 7.11. The fourth-order valence-corrected chi connectivity index (χ4v) is 2.01. The molecule has 1 N–H and O–H groups in total. The molecule has 0 bridgehead atoms. The maximum atomic E-state index is 9.23. The van der Waals surface area contributed by atoms with Crippen LogP contribution in [0.5, 0.6) is 0 Å². The van der Waals surface area contributed by atoms with Crippen LogP contribution in [-0.4, -0.2) is 39.3 Å². The van der Waals surface area contributed by atoms with E-state index in [2.05, 4.69) is 28.3 Å². The van der Waals surface area contributed by atoms with Crippen molar-refractivity contribution in [2.24, 2.45) is 5.41 Å². The van der Waals surface area contributed by atoms with E-state index in [1.165, 1.54) is 0 Å². The summed E-state index contributed by atoms with van der Waals surface area (Å²) in [5.41, 5.74) is -0.0191. The first-order valence-corrected chi connectivity index (χ1v) is 5.44. The van der Waals surface area contributed by atoms with E-state index in [0.717, 1.165) is 32.0 Å². The maximum Gasteiger partial charge on any atom is 0.122 e. The lowest BCUT2D eigenvalue weighted by Gasteiger charge is -2.33. The standard InChI is InChI=1S/C11H19N3O/c1-11(2,9-15)8-13-5-6-14-4-3-12-10(14)7-13/h3-4,15H,5-9H2,1-2H3. The second-order valence-corrected chi connectivity index (χ2v) is 5.07. The summed E-state index contributed by atoms with van der Waals surface area (Å²) in [6, 6.07) is 0. The normalized spacial score (nSPS) is 17.8. The van der Waals surface area contributed by atoms with Crippen LogP contribution >= 0.6 is 0 Å². The van der Waals surface area contributed by atoms with E-state index in [1.54, 1.807) is 0 Å². The molecule has 0 unspecified atom stereocenters. The molecule has 1 aromatic rings. The molecule has 0 saturated carbocycles. The van der Waals surface area contributed by atoms with Crippen LogP contribution in [-0.2, 0) is 13.1 Å². The highest BCUT2D eigenvalue weighted by atomic mass is 16.3. The average molecular weight is 209 g/mol. The summed E-state index contributed by atoms with van der Waals surface area (Å²) < 4.78 is 2.20. The van der Waals surface area contributed by atoms with E-state index in [1.807, 2.05) is 12.4 Å². The van der Waals surface area contributed by atoms with Crippen LogP contribution in [0.15, 0.2) is 12.4 Å². The molecule has 0 aromatic carbocycles. The number of rotatable bonds is 3. The smallest absolute Gasteiger partial charge is 0.122 e. The van der Waals surface area contributed by atoms with E-state index in [4.69, 9.17) is 0 Å². The molecule has 2 heterocycles. The number of aromatic nitrogens is 2. The Kier molecular flexibility index (Phi) is 2.80. The molecule has 1 aromatic heterocycles. The van der Waals surface area contributed by atoms with Gasteiger partial charge < -0.3 is 9.67 Å². The Labute approximate surface area is 90.5 Å². The van der Waals surface area contributed by atoms with Gasteiger partial charge in [-0.25, -0.2) is 4.98 Å². The Morgan fingerprint density at radius 1 is 1.47 bits per heavy atom. The van der Waals surface area contributed by atoms with Gasteiger partial charge in [-0.15, -0.1) is 0 Å². The minimum Gasteiger partial charge on any atom is -0.396 e. The first kappa shape index (κ1) is 10.6. The zero-order chi connectivity index (χ0) is 10.9. The SMILES string of the molecule is CC(C)(CO)CN1CCn2ccnc2C1. The first-order valence-electron chi connectivity index (χ1n) is 5.44. The van der Waals surface area contributed by atoms with Gasteiger partial charge >= 0.3 is 0 Å². The van der Waals surface area contributed by atoms with Gasteiger partial charge in [0.25, 0.3) is 0 Å². The van der Waals surface area contributed by atoms with Crippen molar-refractivity contribution >= 4 is 0 Å². The fourth-order valence-electron chi connectivity index (χ4n) is 2.01. The van der Waals surface area contributed by atoms with Crippen molar-refractivity contribution < 1.29 is 5.11 Å². The third-order valence-electron chi connectivity index (χ3n) is 2.90. The van der Waals surface area contributed by atoms with Crippen molar-refractivity contribution in [1.29, 1.82) is 0 Å². The number of hydrogen-bond acceptors (Lipinski definition) is 3. The van der Waals surface area contributed by atoms with E-state index < -0.39 is 0 Å². The van der Waals surface area contributed by atoms with Gasteiger partial charge in [-0.05, 0) is 0 Å². The van der Waals surface area contributed by atoms with Gasteiger partial charge in [-0.3, -0.25) is 4.90 Å². The minimum atomic E-state index is -0.0191. The molecule has 0 saturated heterocycles. The van der Waals surface area contributed by atoms with Gasteiger partial charge in [0.2, 0.25) is 0 Å². The number of hydrogen-bond donors (Lipinski definition) is 1.